The zero-order valence-electron chi connectivity index (χ0n) is 10.9. The first kappa shape index (κ1) is 12.9. The number of hydrogen-bond donors (Lipinski definition) is 1. The minimum absolute atomic E-state index is 0.152. The Balaban J connectivity index is 1.94. The molecule has 7 heteroatoms. The molecule has 1 amide bonds. The molecule has 0 atom stereocenters. The van der Waals surface area contributed by atoms with Crippen LogP contribution in [0.15, 0.2) is 43.0 Å². The van der Waals surface area contributed by atoms with E-state index >= 15 is 0 Å². The topological polar surface area (TPSA) is 89.8 Å². The summed E-state index contributed by atoms with van der Waals surface area (Å²) in [4.78, 5) is 35.0. The first-order valence-electron chi connectivity index (χ1n) is 6.25. The lowest BCUT2D eigenvalue weighted by Crippen LogP contribution is -2.13. The van der Waals surface area contributed by atoms with Crippen molar-refractivity contribution in [1.82, 2.24) is 19.5 Å². The molecule has 0 unspecified atom stereocenters. The van der Waals surface area contributed by atoms with Crippen molar-refractivity contribution in [1.29, 1.82) is 0 Å². The van der Waals surface area contributed by atoms with E-state index in [1.165, 1.54) is 12.7 Å². The standard InChI is InChI=1S/C14H11N5O2/c20-7-6-19-9-17-11-12(15-8-16-13(11)19)18-14(21)10-4-2-1-3-5-10/h1-5,7-9H,6H2,(H,15,16,18,21). The van der Waals surface area contributed by atoms with E-state index < -0.39 is 0 Å². The summed E-state index contributed by atoms with van der Waals surface area (Å²) in [6.45, 7) is 0.152. The molecule has 0 saturated carbocycles. The third kappa shape index (κ3) is 2.48. The second-order valence-corrected chi connectivity index (χ2v) is 4.28. The zero-order chi connectivity index (χ0) is 14.7. The lowest BCUT2D eigenvalue weighted by atomic mass is 10.2. The van der Waals surface area contributed by atoms with Crippen molar-refractivity contribution in [2.24, 2.45) is 0 Å². The van der Waals surface area contributed by atoms with Crippen LogP contribution in [0.4, 0.5) is 5.82 Å². The summed E-state index contributed by atoms with van der Waals surface area (Å²) in [6, 6.07) is 8.81. The van der Waals surface area contributed by atoms with Crippen LogP contribution in [0.5, 0.6) is 0 Å². The molecule has 1 aromatic carbocycles. The largest absolute Gasteiger partial charge is 0.308 e. The van der Waals surface area contributed by atoms with Crippen LogP contribution < -0.4 is 5.32 Å². The van der Waals surface area contributed by atoms with Crippen molar-refractivity contribution in [3.8, 4) is 0 Å². The Kier molecular flexibility index (Phi) is 3.38. The Labute approximate surface area is 119 Å². The fourth-order valence-electron chi connectivity index (χ4n) is 1.96. The average molecular weight is 281 g/mol. The van der Waals surface area contributed by atoms with E-state index in [4.69, 9.17) is 0 Å². The maximum Gasteiger partial charge on any atom is 0.256 e. The second-order valence-electron chi connectivity index (χ2n) is 4.28. The molecular formula is C14H11N5O2. The van der Waals surface area contributed by atoms with E-state index in [1.54, 1.807) is 28.8 Å². The quantitative estimate of drug-likeness (QED) is 0.727. The minimum Gasteiger partial charge on any atom is -0.308 e. The van der Waals surface area contributed by atoms with E-state index in [0.29, 0.717) is 22.5 Å². The van der Waals surface area contributed by atoms with Gasteiger partial charge in [0.15, 0.2) is 17.0 Å². The van der Waals surface area contributed by atoms with Gasteiger partial charge in [-0.15, -0.1) is 0 Å². The molecule has 21 heavy (non-hydrogen) atoms. The van der Waals surface area contributed by atoms with Crippen molar-refractivity contribution >= 4 is 29.2 Å². The van der Waals surface area contributed by atoms with E-state index in [9.17, 15) is 9.59 Å². The Morgan fingerprint density at radius 2 is 2.00 bits per heavy atom. The van der Waals surface area contributed by atoms with Gasteiger partial charge in [-0.1, -0.05) is 18.2 Å². The number of rotatable bonds is 4. The van der Waals surface area contributed by atoms with Gasteiger partial charge < -0.3 is 14.7 Å². The number of imidazole rings is 1. The predicted molar refractivity (Wildman–Crippen MR) is 75.8 cm³/mol. The smallest absolute Gasteiger partial charge is 0.256 e. The van der Waals surface area contributed by atoms with Gasteiger partial charge in [0.2, 0.25) is 0 Å². The Bertz CT molecular complexity index is 797. The molecule has 3 aromatic rings. The second kappa shape index (κ2) is 5.49. The third-order valence-electron chi connectivity index (χ3n) is 2.94. The predicted octanol–water partition coefficient (Wildman–Crippen LogP) is 1.28. The number of anilines is 1. The van der Waals surface area contributed by atoms with Crippen LogP contribution in [0.1, 0.15) is 10.4 Å². The van der Waals surface area contributed by atoms with Gasteiger partial charge in [0.1, 0.15) is 12.6 Å². The SMILES string of the molecule is O=CCn1cnc2c(NC(=O)c3ccccc3)ncnc21. The molecule has 0 fully saturated rings. The van der Waals surface area contributed by atoms with Gasteiger partial charge in [0.05, 0.1) is 12.9 Å². The van der Waals surface area contributed by atoms with Crippen molar-refractivity contribution in [3.63, 3.8) is 0 Å². The highest BCUT2D eigenvalue weighted by Crippen LogP contribution is 2.17. The summed E-state index contributed by atoms with van der Waals surface area (Å²) >= 11 is 0. The summed E-state index contributed by atoms with van der Waals surface area (Å²) in [5, 5.41) is 2.70. The minimum atomic E-state index is -0.277. The number of nitrogens with one attached hydrogen (secondary N) is 1. The number of carbonyl (C=O) groups is 2. The van der Waals surface area contributed by atoms with E-state index in [-0.39, 0.29) is 12.5 Å². The van der Waals surface area contributed by atoms with Gasteiger partial charge in [0, 0.05) is 5.56 Å². The molecular weight excluding hydrogens is 270 g/mol. The Hall–Kier alpha value is -3.09. The summed E-state index contributed by atoms with van der Waals surface area (Å²) in [5.41, 5.74) is 1.47. The summed E-state index contributed by atoms with van der Waals surface area (Å²) in [6.07, 6.45) is 3.57. The zero-order valence-corrected chi connectivity index (χ0v) is 10.9. The van der Waals surface area contributed by atoms with E-state index in [0.717, 1.165) is 6.29 Å². The number of aldehydes is 1. The van der Waals surface area contributed by atoms with Crippen LogP contribution >= 0.6 is 0 Å². The van der Waals surface area contributed by atoms with Crippen LogP contribution in [0.3, 0.4) is 0 Å². The molecule has 0 aliphatic rings. The van der Waals surface area contributed by atoms with Crippen LogP contribution in [-0.4, -0.2) is 31.7 Å². The fourth-order valence-corrected chi connectivity index (χ4v) is 1.96. The van der Waals surface area contributed by atoms with Crippen LogP contribution in [0, 0.1) is 0 Å². The van der Waals surface area contributed by atoms with Crippen molar-refractivity contribution in [3.05, 3.63) is 48.5 Å². The van der Waals surface area contributed by atoms with Gasteiger partial charge in [-0.05, 0) is 12.1 Å². The molecule has 0 aliphatic carbocycles. The molecule has 2 aromatic heterocycles. The van der Waals surface area contributed by atoms with Crippen LogP contribution in [0.2, 0.25) is 0 Å². The lowest BCUT2D eigenvalue weighted by molar-refractivity contribution is -0.108. The highest BCUT2D eigenvalue weighted by atomic mass is 16.1. The number of aromatic nitrogens is 4. The van der Waals surface area contributed by atoms with E-state index in [1.807, 2.05) is 6.07 Å². The molecule has 104 valence electrons. The van der Waals surface area contributed by atoms with E-state index in [2.05, 4.69) is 20.3 Å². The average Bonchev–Trinajstić information content (AvgIpc) is 2.93. The van der Waals surface area contributed by atoms with Crippen LogP contribution in [-0.2, 0) is 11.3 Å². The number of hydrogen-bond acceptors (Lipinski definition) is 5. The Morgan fingerprint density at radius 1 is 1.19 bits per heavy atom. The summed E-state index contributed by atoms with van der Waals surface area (Å²) in [7, 11) is 0. The fraction of sp³-hybridized carbons (Fsp3) is 0.0714. The molecule has 2 heterocycles. The van der Waals surface area contributed by atoms with Gasteiger partial charge in [-0.3, -0.25) is 4.79 Å². The molecule has 1 N–H and O–H groups in total. The molecule has 0 bridgehead atoms. The van der Waals surface area contributed by atoms with Crippen molar-refractivity contribution in [2.75, 3.05) is 5.32 Å². The number of fused-ring (bicyclic) bond motifs is 1. The summed E-state index contributed by atoms with van der Waals surface area (Å²) < 4.78 is 1.59. The van der Waals surface area contributed by atoms with Gasteiger partial charge in [-0.25, -0.2) is 15.0 Å². The number of benzene rings is 1. The number of nitrogens with zero attached hydrogens (tertiary/aromatic N) is 4. The maximum absolute atomic E-state index is 12.1. The van der Waals surface area contributed by atoms with Crippen molar-refractivity contribution < 1.29 is 9.59 Å². The molecule has 7 nitrogen and oxygen atoms in total. The Morgan fingerprint density at radius 3 is 2.76 bits per heavy atom. The highest BCUT2D eigenvalue weighted by molar-refractivity contribution is 6.06. The highest BCUT2D eigenvalue weighted by Gasteiger charge is 2.13. The van der Waals surface area contributed by atoms with Gasteiger partial charge in [-0.2, -0.15) is 0 Å². The normalized spacial score (nSPS) is 10.5. The molecule has 0 radical (unpaired) electrons. The molecule has 0 spiro atoms. The lowest BCUT2D eigenvalue weighted by Gasteiger charge is -2.04. The third-order valence-corrected chi connectivity index (χ3v) is 2.94. The van der Waals surface area contributed by atoms with Crippen LogP contribution in [0.25, 0.3) is 11.2 Å². The summed E-state index contributed by atoms with van der Waals surface area (Å²) in [5.74, 6) is 0.0408. The van der Waals surface area contributed by atoms with Crippen molar-refractivity contribution in [2.45, 2.75) is 6.54 Å². The maximum atomic E-state index is 12.1. The monoisotopic (exact) mass is 281 g/mol. The molecule has 0 saturated heterocycles. The first-order chi connectivity index (χ1) is 10.3. The van der Waals surface area contributed by atoms with Gasteiger partial charge >= 0.3 is 0 Å². The molecule has 0 aliphatic heterocycles. The number of carbonyl (C=O) groups excluding carboxylic acids is 2. The van der Waals surface area contributed by atoms with Gasteiger partial charge in [0.25, 0.3) is 5.91 Å². The number of amides is 1. The molecule has 3 rings (SSSR count). The first-order valence-corrected chi connectivity index (χ1v) is 6.25.